The Labute approximate surface area is 159 Å². The first-order valence-corrected chi connectivity index (χ1v) is 9.64. The summed E-state index contributed by atoms with van der Waals surface area (Å²) >= 11 is 0. The fraction of sp³-hybridized carbons (Fsp3) is 0.550. The van der Waals surface area contributed by atoms with Gasteiger partial charge in [-0.1, -0.05) is 32.9 Å². The summed E-state index contributed by atoms with van der Waals surface area (Å²) in [7, 11) is 0. The zero-order chi connectivity index (χ0) is 19.6. The average molecular weight is 372 g/mol. The minimum atomic E-state index is -0.491. The summed E-state index contributed by atoms with van der Waals surface area (Å²) in [6.07, 6.45) is 2.01. The van der Waals surface area contributed by atoms with Crippen molar-refractivity contribution in [2.75, 3.05) is 11.9 Å². The first-order chi connectivity index (χ1) is 12.9. The van der Waals surface area contributed by atoms with E-state index in [1.165, 1.54) is 5.56 Å². The van der Waals surface area contributed by atoms with E-state index in [0.717, 1.165) is 6.42 Å². The summed E-state index contributed by atoms with van der Waals surface area (Å²) in [6, 6.07) is 6.17. The number of benzene rings is 1. The van der Waals surface area contributed by atoms with Gasteiger partial charge in [-0.15, -0.1) is 0 Å². The van der Waals surface area contributed by atoms with Gasteiger partial charge in [-0.2, -0.15) is 0 Å². The molecule has 1 aromatic rings. The minimum Gasteiger partial charge on any atom is -0.342 e. The molecule has 0 spiro atoms. The molecule has 0 aromatic heterocycles. The third-order valence-electron chi connectivity index (χ3n) is 5.16. The first kappa shape index (κ1) is 19.2. The zero-order valence-electron chi connectivity index (χ0n) is 16.1. The third-order valence-corrected chi connectivity index (χ3v) is 5.16. The van der Waals surface area contributed by atoms with Crippen molar-refractivity contribution in [2.24, 2.45) is 5.92 Å². The lowest BCUT2D eigenvalue weighted by Crippen LogP contribution is -2.61. The summed E-state index contributed by atoms with van der Waals surface area (Å²) in [5, 5.41) is 8.52. The van der Waals surface area contributed by atoms with Crippen LogP contribution in [0, 0.1) is 5.92 Å². The van der Waals surface area contributed by atoms with Gasteiger partial charge in [0.1, 0.15) is 12.1 Å². The van der Waals surface area contributed by atoms with E-state index < -0.39 is 12.1 Å². The molecule has 0 bridgehead atoms. The predicted molar refractivity (Wildman–Crippen MR) is 103 cm³/mol. The summed E-state index contributed by atoms with van der Waals surface area (Å²) < 4.78 is 0. The van der Waals surface area contributed by atoms with Crippen LogP contribution in [0.2, 0.25) is 0 Å². The van der Waals surface area contributed by atoms with Crippen LogP contribution < -0.4 is 16.0 Å². The van der Waals surface area contributed by atoms with Crippen molar-refractivity contribution in [3.63, 3.8) is 0 Å². The first-order valence-electron chi connectivity index (χ1n) is 9.64. The molecule has 146 valence electrons. The van der Waals surface area contributed by atoms with E-state index in [9.17, 15) is 14.4 Å². The Morgan fingerprint density at radius 3 is 2.59 bits per heavy atom. The van der Waals surface area contributed by atoms with E-state index in [-0.39, 0.29) is 23.9 Å². The molecule has 2 aliphatic rings. The molecule has 7 nitrogen and oxygen atoms in total. The summed E-state index contributed by atoms with van der Waals surface area (Å²) in [4.78, 5) is 38.9. The molecular formula is C20H28N4O3. The number of hydrogen-bond acceptors (Lipinski definition) is 3. The molecule has 0 radical (unpaired) electrons. The Morgan fingerprint density at radius 1 is 1.26 bits per heavy atom. The molecule has 2 aliphatic heterocycles. The molecule has 4 amide bonds. The van der Waals surface area contributed by atoms with Crippen LogP contribution in [0.5, 0.6) is 0 Å². The second-order valence-corrected chi connectivity index (χ2v) is 7.78. The number of hydrogen-bond donors (Lipinski definition) is 3. The zero-order valence-corrected chi connectivity index (χ0v) is 16.1. The van der Waals surface area contributed by atoms with Gasteiger partial charge in [0.25, 0.3) is 0 Å². The van der Waals surface area contributed by atoms with Crippen molar-refractivity contribution in [2.45, 2.75) is 58.2 Å². The van der Waals surface area contributed by atoms with Crippen molar-refractivity contribution >= 4 is 23.5 Å². The van der Waals surface area contributed by atoms with Crippen LogP contribution in [-0.2, 0) is 16.0 Å². The van der Waals surface area contributed by atoms with Crippen LogP contribution in [0.3, 0.4) is 0 Å². The van der Waals surface area contributed by atoms with Crippen LogP contribution >= 0.6 is 0 Å². The van der Waals surface area contributed by atoms with E-state index in [1.54, 1.807) is 4.90 Å². The molecule has 1 aromatic carbocycles. The van der Waals surface area contributed by atoms with E-state index in [1.807, 2.05) is 38.1 Å². The highest BCUT2D eigenvalue weighted by Gasteiger charge is 2.46. The van der Waals surface area contributed by atoms with Gasteiger partial charge in [0, 0.05) is 12.2 Å². The van der Waals surface area contributed by atoms with Crippen LogP contribution in [0.25, 0.3) is 0 Å². The molecule has 0 unspecified atom stereocenters. The van der Waals surface area contributed by atoms with E-state index in [2.05, 4.69) is 22.9 Å². The maximum atomic E-state index is 12.7. The van der Waals surface area contributed by atoms with Crippen LogP contribution in [0.1, 0.15) is 39.2 Å². The number of fused-ring (bicyclic) bond motifs is 1. The minimum absolute atomic E-state index is 0.0480. The highest BCUT2D eigenvalue weighted by molar-refractivity contribution is 5.98. The smallest absolute Gasteiger partial charge is 0.319 e. The maximum absolute atomic E-state index is 12.7. The lowest BCUT2D eigenvalue weighted by atomic mass is 9.99. The van der Waals surface area contributed by atoms with E-state index >= 15 is 0 Å². The number of piperazine rings is 1. The highest BCUT2D eigenvalue weighted by Crippen LogP contribution is 2.24. The summed E-state index contributed by atoms with van der Waals surface area (Å²) in [5.74, 6) is 0.144. The molecule has 27 heavy (non-hydrogen) atoms. The number of anilines is 1. The molecule has 2 heterocycles. The second kappa shape index (κ2) is 7.98. The number of amides is 4. The standard InChI is InChI=1S/C20H28N4O3/c1-4-13-5-7-14(8-6-13)21-20(27)22-15-10-17-18(25)23-16(9-12(2)3)19(26)24(17)11-15/h5-8,12,15-17H,4,9-11H2,1-3H3,(H,23,25)(H2,21,22,27)/t15-,16-,17-/m0/s1. The molecule has 3 N–H and O–H groups in total. The Balaban J connectivity index is 1.57. The molecule has 0 saturated carbocycles. The molecule has 2 saturated heterocycles. The second-order valence-electron chi connectivity index (χ2n) is 7.78. The molecular weight excluding hydrogens is 344 g/mol. The molecule has 0 aliphatic carbocycles. The topological polar surface area (TPSA) is 90.5 Å². The van der Waals surface area contributed by atoms with E-state index in [0.29, 0.717) is 31.0 Å². The highest BCUT2D eigenvalue weighted by atomic mass is 16.2. The number of aryl methyl sites for hydroxylation is 1. The number of carbonyl (C=O) groups excluding carboxylic acids is 3. The van der Waals surface area contributed by atoms with E-state index in [4.69, 9.17) is 0 Å². The molecule has 7 heteroatoms. The lowest BCUT2D eigenvalue weighted by Gasteiger charge is -2.35. The van der Waals surface area contributed by atoms with Gasteiger partial charge in [-0.05, 0) is 42.9 Å². The Kier molecular flexibility index (Phi) is 5.68. The van der Waals surface area contributed by atoms with Gasteiger partial charge in [-0.3, -0.25) is 9.59 Å². The van der Waals surface area contributed by atoms with Crippen molar-refractivity contribution in [3.05, 3.63) is 29.8 Å². The van der Waals surface area contributed by atoms with Gasteiger partial charge in [0.15, 0.2) is 0 Å². The number of rotatable bonds is 5. The van der Waals surface area contributed by atoms with Gasteiger partial charge in [-0.25, -0.2) is 4.79 Å². The Hall–Kier alpha value is -2.57. The quantitative estimate of drug-likeness (QED) is 0.737. The normalized spacial score (nSPS) is 24.6. The number of urea groups is 1. The van der Waals surface area contributed by atoms with Crippen molar-refractivity contribution in [3.8, 4) is 0 Å². The van der Waals surface area contributed by atoms with Gasteiger partial charge in [0.05, 0.1) is 6.04 Å². The third kappa shape index (κ3) is 4.40. The largest absolute Gasteiger partial charge is 0.342 e. The summed E-state index contributed by atoms with van der Waals surface area (Å²) in [6.45, 7) is 6.50. The lowest BCUT2D eigenvalue weighted by molar-refractivity contribution is -0.147. The predicted octanol–water partition coefficient (Wildman–Crippen LogP) is 1.88. The molecule has 3 atom stereocenters. The van der Waals surface area contributed by atoms with Gasteiger partial charge >= 0.3 is 6.03 Å². The number of nitrogens with zero attached hydrogens (tertiary/aromatic N) is 1. The van der Waals surface area contributed by atoms with Crippen LogP contribution in [0.15, 0.2) is 24.3 Å². The monoisotopic (exact) mass is 372 g/mol. The fourth-order valence-electron chi connectivity index (χ4n) is 3.77. The molecule has 3 rings (SSSR count). The Bertz CT molecular complexity index is 716. The van der Waals surface area contributed by atoms with Crippen molar-refractivity contribution < 1.29 is 14.4 Å². The van der Waals surface area contributed by atoms with Gasteiger partial charge in [0.2, 0.25) is 11.8 Å². The SMILES string of the molecule is CCc1ccc(NC(=O)N[C@H]2C[C@H]3C(=O)N[C@@H](CC(C)C)C(=O)N3C2)cc1. The van der Waals surface area contributed by atoms with Crippen molar-refractivity contribution in [1.82, 2.24) is 15.5 Å². The number of carbonyl (C=O) groups is 3. The van der Waals surface area contributed by atoms with Crippen molar-refractivity contribution in [1.29, 1.82) is 0 Å². The van der Waals surface area contributed by atoms with Crippen LogP contribution in [-0.4, -0.2) is 47.4 Å². The maximum Gasteiger partial charge on any atom is 0.319 e. The number of nitrogens with one attached hydrogen (secondary N) is 3. The average Bonchev–Trinajstić information content (AvgIpc) is 3.04. The Morgan fingerprint density at radius 2 is 1.96 bits per heavy atom. The molecule has 2 fully saturated rings. The van der Waals surface area contributed by atoms with Crippen LogP contribution in [0.4, 0.5) is 10.5 Å². The van der Waals surface area contributed by atoms with Gasteiger partial charge < -0.3 is 20.9 Å². The fourth-order valence-corrected chi connectivity index (χ4v) is 3.77. The summed E-state index contributed by atoms with van der Waals surface area (Å²) in [5.41, 5.74) is 1.92.